The fourth-order valence-corrected chi connectivity index (χ4v) is 4.23. The van der Waals surface area contributed by atoms with Gasteiger partial charge in [0.15, 0.2) is 0 Å². The highest BCUT2D eigenvalue weighted by Crippen LogP contribution is 2.56. The van der Waals surface area contributed by atoms with Crippen molar-refractivity contribution >= 4 is 0 Å². The Morgan fingerprint density at radius 1 is 0.905 bits per heavy atom. The maximum atomic E-state index is 6.00. The summed E-state index contributed by atoms with van der Waals surface area (Å²) >= 11 is 0. The van der Waals surface area contributed by atoms with Crippen molar-refractivity contribution in [3.05, 3.63) is 59.7 Å². The lowest BCUT2D eigenvalue weighted by atomic mass is 9.68. The van der Waals surface area contributed by atoms with Gasteiger partial charge in [-0.05, 0) is 35.1 Å². The summed E-state index contributed by atoms with van der Waals surface area (Å²) < 4.78 is 11.6. The first kappa shape index (κ1) is 12.0. The standard InChI is InChI=1S/C19H18O2/c1-3-7-16-14(5-1)15-6-2-4-8-17(15)19(16,11-13-12-21-13)18-9-10-20-18/h1-8,13,18H,9-12H2. The van der Waals surface area contributed by atoms with E-state index < -0.39 is 0 Å². The molecule has 0 amide bonds. The Morgan fingerprint density at radius 3 is 1.95 bits per heavy atom. The van der Waals surface area contributed by atoms with E-state index in [-0.39, 0.29) is 5.41 Å². The summed E-state index contributed by atoms with van der Waals surface area (Å²) in [6.07, 6.45) is 2.89. The van der Waals surface area contributed by atoms with Crippen LogP contribution in [0.5, 0.6) is 0 Å². The van der Waals surface area contributed by atoms with Crippen molar-refractivity contribution in [2.75, 3.05) is 13.2 Å². The van der Waals surface area contributed by atoms with Crippen molar-refractivity contribution < 1.29 is 9.47 Å². The van der Waals surface area contributed by atoms with E-state index in [9.17, 15) is 0 Å². The number of hydrogen-bond acceptors (Lipinski definition) is 2. The Bertz CT molecular complexity index is 653. The SMILES string of the molecule is c1ccc2c(c1)-c1ccccc1C2(CC1CO1)C1CCO1. The smallest absolute Gasteiger partial charge is 0.0822 e. The van der Waals surface area contributed by atoms with Crippen LogP contribution < -0.4 is 0 Å². The summed E-state index contributed by atoms with van der Waals surface area (Å²) in [5.41, 5.74) is 5.62. The molecule has 0 radical (unpaired) electrons. The molecule has 21 heavy (non-hydrogen) atoms. The number of fused-ring (bicyclic) bond motifs is 3. The molecule has 2 saturated heterocycles. The summed E-state index contributed by atoms with van der Waals surface area (Å²) in [5, 5.41) is 0. The molecule has 2 heterocycles. The molecule has 2 atom stereocenters. The molecule has 2 fully saturated rings. The van der Waals surface area contributed by atoms with Gasteiger partial charge in [-0.3, -0.25) is 0 Å². The lowest BCUT2D eigenvalue weighted by Gasteiger charge is -2.44. The molecule has 106 valence electrons. The Kier molecular flexibility index (Phi) is 2.38. The zero-order valence-corrected chi connectivity index (χ0v) is 11.9. The van der Waals surface area contributed by atoms with Crippen LogP contribution in [-0.2, 0) is 14.9 Å². The predicted octanol–water partition coefficient (Wildman–Crippen LogP) is 3.53. The third-order valence-corrected chi connectivity index (χ3v) is 5.31. The van der Waals surface area contributed by atoms with Crippen LogP contribution in [0.1, 0.15) is 24.0 Å². The molecule has 1 aliphatic carbocycles. The number of ether oxygens (including phenoxy) is 2. The van der Waals surface area contributed by atoms with E-state index >= 15 is 0 Å². The molecule has 3 aliphatic rings. The first-order valence-corrected chi connectivity index (χ1v) is 7.82. The van der Waals surface area contributed by atoms with Gasteiger partial charge in [0.25, 0.3) is 0 Å². The van der Waals surface area contributed by atoms with Gasteiger partial charge in [0.2, 0.25) is 0 Å². The average Bonchev–Trinajstić information content (AvgIpc) is 3.24. The first-order chi connectivity index (χ1) is 10.4. The fourth-order valence-electron chi connectivity index (χ4n) is 4.23. The molecular formula is C19H18O2. The van der Waals surface area contributed by atoms with E-state index in [0.717, 1.165) is 26.1 Å². The van der Waals surface area contributed by atoms with E-state index in [0.29, 0.717) is 12.2 Å². The third kappa shape index (κ3) is 1.55. The van der Waals surface area contributed by atoms with Crippen molar-refractivity contribution in [3.8, 4) is 11.1 Å². The molecule has 2 aromatic carbocycles. The molecule has 2 aromatic rings. The summed E-state index contributed by atoms with van der Waals surface area (Å²) in [6.45, 7) is 1.79. The molecule has 5 rings (SSSR count). The highest BCUT2D eigenvalue weighted by atomic mass is 16.6. The van der Waals surface area contributed by atoms with E-state index in [2.05, 4.69) is 48.5 Å². The van der Waals surface area contributed by atoms with E-state index in [1.165, 1.54) is 22.3 Å². The monoisotopic (exact) mass is 278 g/mol. The predicted molar refractivity (Wildman–Crippen MR) is 81.4 cm³/mol. The Morgan fingerprint density at radius 2 is 1.48 bits per heavy atom. The Labute approximate surface area is 124 Å². The molecular weight excluding hydrogens is 260 g/mol. The van der Waals surface area contributed by atoms with Crippen molar-refractivity contribution in [3.63, 3.8) is 0 Å². The zero-order valence-electron chi connectivity index (χ0n) is 11.9. The number of benzene rings is 2. The second kappa shape index (κ2) is 4.19. The van der Waals surface area contributed by atoms with Gasteiger partial charge in [0.1, 0.15) is 0 Å². The minimum absolute atomic E-state index is 0.00734. The normalized spacial score (nSPS) is 27.6. The summed E-state index contributed by atoms with van der Waals surface area (Å²) in [7, 11) is 0. The molecule has 0 bridgehead atoms. The summed E-state index contributed by atoms with van der Waals surface area (Å²) in [4.78, 5) is 0. The van der Waals surface area contributed by atoms with Gasteiger partial charge in [-0.25, -0.2) is 0 Å². The van der Waals surface area contributed by atoms with Gasteiger partial charge in [-0.2, -0.15) is 0 Å². The third-order valence-electron chi connectivity index (χ3n) is 5.31. The van der Waals surface area contributed by atoms with E-state index in [4.69, 9.17) is 9.47 Å². The summed E-state index contributed by atoms with van der Waals surface area (Å²) in [6, 6.07) is 17.7. The minimum atomic E-state index is -0.00734. The van der Waals surface area contributed by atoms with Crippen LogP contribution in [0, 0.1) is 0 Å². The highest BCUT2D eigenvalue weighted by molar-refractivity contribution is 5.81. The quantitative estimate of drug-likeness (QED) is 0.801. The van der Waals surface area contributed by atoms with Crippen LogP contribution in [-0.4, -0.2) is 25.4 Å². The topological polar surface area (TPSA) is 21.8 Å². The van der Waals surface area contributed by atoms with Gasteiger partial charge in [-0.15, -0.1) is 0 Å². The van der Waals surface area contributed by atoms with Gasteiger partial charge in [0, 0.05) is 6.61 Å². The molecule has 0 aromatic heterocycles. The van der Waals surface area contributed by atoms with Gasteiger partial charge >= 0.3 is 0 Å². The number of rotatable bonds is 3. The summed E-state index contributed by atoms with van der Waals surface area (Å²) in [5.74, 6) is 0. The molecule has 0 spiro atoms. The second-order valence-electron chi connectivity index (χ2n) is 6.37. The van der Waals surface area contributed by atoms with Crippen molar-refractivity contribution in [2.45, 2.75) is 30.5 Å². The fraction of sp³-hybridized carbons (Fsp3) is 0.368. The molecule has 2 heteroatoms. The van der Waals surface area contributed by atoms with Crippen LogP contribution in [0.15, 0.2) is 48.5 Å². The van der Waals surface area contributed by atoms with Crippen LogP contribution in [0.3, 0.4) is 0 Å². The largest absolute Gasteiger partial charge is 0.377 e. The van der Waals surface area contributed by atoms with Gasteiger partial charge in [0.05, 0.1) is 24.2 Å². The molecule has 2 unspecified atom stereocenters. The minimum Gasteiger partial charge on any atom is -0.377 e. The molecule has 0 saturated carbocycles. The van der Waals surface area contributed by atoms with Crippen LogP contribution in [0.4, 0.5) is 0 Å². The van der Waals surface area contributed by atoms with Crippen molar-refractivity contribution in [1.29, 1.82) is 0 Å². The number of hydrogen-bond donors (Lipinski definition) is 0. The average molecular weight is 278 g/mol. The van der Waals surface area contributed by atoms with Crippen LogP contribution in [0.2, 0.25) is 0 Å². The second-order valence-corrected chi connectivity index (χ2v) is 6.37. The van der Waals surface area contributed by atoms with Crippen molar-refractivity contribution in [1.82, 2.24) is 0 Å². The van der Waals surface area contributed by atoms with Crippen LogP contribution in [0.25, 0.3) is 11.1 Å². The maximum absolute atomic E-state index is 6.00. The van der Waals surface area contributed by atoms with Crippen molar-refractivity contribution in [2.24, 2.45) is 0 Å². The van der Waals surface area contributed by atoms with E-state index in [1.54, 1.807) is 0 Å². The molecule has 0 N–H and O–H groups in total. The highest BCUT2D eigenvalue weighted by Gasteiger charge is 2.53. The van der Waals surface area contributed by atoms with Gasteiger partial charge in [-0.1, -0.05) is 48.5 Å². The Balaban J connectivity index is 1.78. The lowest BCUT2D eigenvalue weighted by molar-refractivity contribution is -0.0898. The van der Waals surface area contributed by atoms with Gasteiger partial charge < -0.3 is 9.47 Å². The Hall–Kier alpha value is -1.64. The molecule has 2 nitrogen and oxygen atoms in total. The number of epoxide rings is 1. The van der Waals surface area contributed by atoms with Crippen LogP contribution >= 0.6 is 0 Å². The lowest BCUT2D eigenvalue weighted by Crippen LogP contribution is -2.48. The first-order valence-electron chi connectivity index (χ1n) is 7.82. The zero-order chi connectivity index (χ0) is 13.9. The van der Waals surface area contributed by atoms with E-state index in [1.807, 2.05) is 0 Å². The maximum Gasteiger partial charge on any atom is 0.0822 e. The molecule has 2 aliphatic heterocycles.